The SMILES string of the molecule is CC12CCC[C]1O2. The van der Waals surface area contributed by atoms with Crippen LogP contribution in [0, 0.1) is 6.10 Å². The minimum atomic E-state index is 0.278. The molecule has 1 radical (unpaired) electrons. The summed E-state index contributed by atoms with van der Waals surface area (Å²) in [6, 6.07) is 0. The Morgan fingerprint density at radius 3 is 2.71 bits per heavy atom. The van der Waals surface area contributed by atoms with Crippen molar-refractivity contribution in [1.29, 1.82) is 0 Å². The van der Waals surface area contributed by atoms with E-state index in [2.05, 4.69) is 6.92 Å². The van der Waals surface area contributed by atoms with E-state index in [4.69, 9.17) is 4.74 Å². The zero-order valence-electron chi connectivity index (χ0n) is 4.53. The van der Waals surface area contributed by atoms with Gasteiger partial charge in [0, 0.05) is 0 Å². The second kappa shape index (κ2) is 0.873. The van der Waals surface area contributed by atoms with Crippen molar-refractivity contribution >= 4 is 0 Å². The van der Waals surface area contributed by atoms with E-state index in [1.165, 1.54) is 25.4 Å². The molecule has 2 fully saturated rings. The molecule has 0 N–H and O–H groups in total. The van der Waals surface area contributed by atoms with Crippen LogP contribution in [0.2, 0.25) is 0 Å². The Morgan fingerprint density at radius 1 is 1.71 bits per heavy atom. The summed E-state index contributed by atoms with van der Waals surface area (Å²) in [4.78, 5) is 0. The van der Waals surface area contributed by atoms with Crippen molar-refractivity contribution in [3.63, 3.8) is 0 Å². The quantitative estimate of drug-likeness (QED) is 0.417. The maximum Gasteiger partial charge on any atom is 0.129 e. The zero-order chi connectivity index (χ0) is 4.91. The van der Waals surface area contributed by atoms with Crippen molar-refractivity contribution in [2.24, 2.45) is 0 Å². The van der Waals surface area contributed by atoms with E-state index < -0.39 is 0 Å². The van der Waals surface area contributed by atoms with Gasteiger partial charge in [-0.25, -0.2) is 0 Å². The molecule has 0 aromatic rings. The van der Waals surface area contributed by atoms with Gasteiger partial charge in [0.05, 0.1) is 5.60 Å². The molecule has 0 aromatic heterocycles. The summed E-state index contributed by atoms with van der Waals surface area (Å²) < 4.78 is 5.26. The third-order valence-electron chi connectivity index (χ3n) is 1.95. The Morgan fingerprint density at radius 2 is 2.57 bits per heavy atom. The molecule has 0 amide bonds. The standard InChI is InChI=1S/C6H9O/c1-6-4-2-3-5(6)7-6/h2-4H2,1H3. The first-order chi connectivity index (χ1) is 3.31. The van der Waals surface area contributed by atoms with Gasteiger partial charge in [0.25, 0.3) is 0 Å². The van der Waals surface area contributed by atoms with Crippen LogP contribution in [-0.2, 0) is 4.74 Å². The average molecular weight is 97.1 g/mol. The van der Waals surface area contributed by atoms with Gasteiger partial charge in [0.15, 0.2) is 0 Å². The van der Waals surface area contributed by atoms with E-state index in [-0.39, 0.29) is 5.60 Å². The van der Waals surface area contributed by atoms with Crippen LogP contribution in [0.15, 0.2) is 0 Å². The predicted octanol–water partition coefficient (Wildman–Crippen LogP) is 1.49. The fourth-order valence-electron chi connectivity index (χ4n) is 1.34. The van der Waals surface area contributed by atoms with Gasteiger partial charge in [-0.3, -0.25) is 0 Å². The van der Waals surface area contributed by atoms with Gasteiger partial charge in [-0.15, -0.1) is 0 Å². The number of ether oxygens (including phenoxy) is 1. The van der Waals surface area contributed by atoms with Crippen molar-refractivity contribution in [3.8, 4) is 0 Å². The van der Waals surface area contributed by atoms with Crippen molar-refractivity contribution in [1.82, 2.24) is 0 Å². The molecule has 1 aliphatic carbocycles. The second-order valence-electron chi connectivity index (χ2n) is 2.61. The van der Waals surface area contributed by atoms with E-state index in [1.54, 1.807) is 0 Å². The summed E-state index contributed by atoms with van der Waals surface area (Å²) in [6.07, 6.45) is 5.21. The van der Waals surface area contributed by atoms with Gasteiger partial charge in [-0.05, 0) is 26.2 Å². The molecule has 1 saturated heterocycles. The van der Waals surface area contributed by atoms with Crippen LogP contribution < -0.4 is 0 Å². The van der Waals surface area contributed by atoms with Gasteiger partial charge in [0.1, 0.15) is 6.10 Å². The molecule has 1 aliphatic heterocycles. The molecule has 39 valence electrons. The maximum absolute atomic E-state index is 5.26. The molecule has 1 saturated carbocycles. The Bertz CT molecular complexity index is 98.4. The molecule has 7 heavy (non-hydrogen) atoms. The minimum Gasteiger partial charge on any atom is -0.360 e. The Hall–Kier alpha value is -0.0400. The van der Waals surface area contributed by atoms with E-state index >= 15 is 0 Å². The lowest BCUT2D eigenvalue weighted by Crippen LogP contribution is -1.96. The maximum atomic E-state index is 5.26. The largest absolute Gasteiger partial charge is 0.360 e. The molecule has 1 nitrogen and oxygen atoms in total. The molecule has 2 aliphatic rings. The van der Waals surface area contributed by atoms with Crippen LogP contribution in [0.25, 0.3) is 0 Å². The molecule has 0 bridgehead atoms. The fraction of sp³-hybridized carbons (Fsp3) is 0.833. The Labute approximate surface area is 43.7 Å². The first kappa shape index (κ1) is 3.90. The average Bonchev–Trinajstić information content (AvgIpc) is 2.09. The molecular weight excluding hydrogens is 88.1 g/mol. The molecule has 0 spiro atoms. The molecule has 1 heteroatoms. The van der Waals surface area contributed by atoms with Crippen LogP contribution in [0.3, 0.4) is 0 Å². The van der Waals surface area contributed by atoms with Gasteiger partial charge in [-0.2, -0.15) is 0 Å². The first-order valence-electron chi connectivity index (χ1n) is 2.87. The molecule has 0 aromatic carbocycles. The summed E-state index contributed by atoms with van der Waals surface area (Å²) in [5.41, 5.74) is 0.278. The lowest BCUT2D eigenvalue weighted by molar-refractivity contribution is 0.284. The topological polar surface area (TPSA) is 12.5 Å². The third kappa shape index (κ3) is 0.367. The second-order valence-corrected chi connectivity index (χ2v) is 2.61. The van der Waals surface area contributed by atoms with E-state index in [9.17, 15) is 0 Å². The lowest BCUT2D eigenvalue weighted by Gasteiger charge is -1.93. The Kier molecular flexibility index (Phi) is 0.487. The molecule has 2 rings (SSSR count). The molecular formula is C6H9O. The van der Waals surface area contributed by atoms with Crippen LogP contribution in [-0.4, -0.2) is 5.60 Å². The van der Waals surface area contributed by atoms with Crippen LogP contribution in [0.5, 0.6) is 0 Å². The Balaban J connectivity index is 2.17. The van der Waals surface area contributed by atoms with Gasteiger partial charge in [0.2, 0.25) is 0 Å². The fourth-order valence-corrected chi connectivity index (χ4v) is 1.34. The van der Waals surface area contributed by atoms with Gasteiger partial charge < -0.3 is 4.74 Å². The molecule has 1 unspecified atom stereocenters. The zero-order valence-corrected chi connectivity index (χ0v) is 4.53. The smallest absolute Gasteiger partial charge is 0.129 e. The highest BCUT2D eigenvalue weighted by atomic mass is 16.6. The van der Waals surface area contributed by atoms with E-state index in [0.717, 1.165) is 0 Å². The highest BCUT2D eigenvalue weighted by Gasteiger charge is 2.56. The summed E-state index contributed by atoms with van der Waals surface area (Å²) in [5.74, 6) is 0. The van der Waals surface area contributed by atoms with Crippen LogP contribution >= 0.6 is 0 Å². The van der Waals surface area contributed by atoms with Crippen molar-refractivity contribution in [2.75, 3.05) is 0 Å². The van der Waals surface area contributed by atoms with Gasteiger partial charge >= 0.3 is 0 Å². The molecule has 1 heterocycles. The molecule has 1 atom stereocenters. The number of epoxide rings is 1. The van der Waals surface area contributed by atoms with Crippen LogP contribution in [0.1, 0.15) is 26.2 Å². The summed E-state index contributed by atoms with van der Waals surface area (Å²) >= 11 is 0. The lowest BCUT2D eigenvalue weighted by atomic mass is 10.1. The minimum absolute atomic E-state index is 0.278. The number of rotatable bonds is 0. The van der Waals surface area contributed by atoms with E-state index in [1.807, 2.05) is 0 Å². The highest BCUT2D eigenvalue weighted by Crippen LogP contribution is 2.55. The summed E-state index contributed by atoms with van der Waals surface area (Å²) in [6.45, 7) is 2.18. The van der Waals surface area contributed by atoms with Crippen molar-refractivity contribution < 1.29 is 4.74 Å². The van der Waals surface area contributed by atoms with Crippen molar-refractivity contribution in [2.45, 2.75) is 31.8 Å². The first-order valence-corrected chi connectivity index (χ1v) is 2.87. The summed E-state index contributed by atoms with van der Waals surface area (Å²) in [7, 11) is 0. The number of hydrogen-bond donors (Lipinski definition) is 0. The van der Waals surface area contributed by atoms with Crippen LogP contribution in [0.4, 0.5) is 0 Å². The van der Waals surface area contributed by atoms with Gasteiger partial charge in [-0.1, -0.05) is 0 Å². The summed E-state index contributed by atoms with van der Waals surface area (Å²) in [5, 5.41) is 0. The number of hydrogen-bond acceptors (Lipinski definition) is 1. The third-order valence-corrected chi connectivity index (χ3v) is 1.95. The highest BCUT2D eigenvalue weighted by molar-refractivity contribution is 5.18. The number of fused-ring (bicyclic) bond motifs is 1. The predicted molar refractivity (Wildman–Crippen MR) is 26.6 cm³/mol. The van der Waals surface area contributed by atoms with E-state index in [0.29, 0.717) is 0 Å². The normalized spacial score (nSPS) is 49.3. The monoisotopic (exact) mass is 97.1 g/mol. The van der Waals surface area contributed by atoms with Crippen molar-refractivity contribution in [3.05, 3.63) is 6.10 Å².